The normalized spacial score (nSPS) is 15.5. The summed E-state index contributed by atoms with van der Waals surface area (Å²) >= 11 is 2.83. The Hall–Kier alpha value is -2.22. The number of carbonyl (C=O) groups excluding carboxylic acids is 2. The van der Waals surface area contributed by atoms with Gasteiger partial charge in [0.15, 0.2) is 0 Å². The predicted octanol–water partition coefficient (Wildman–Crippen LogP) is 2.76. The van der Waals surface area contributed by atoms with Gasteiger partial charge in [-0.15, -0.1) is 0 Å². The molecule has 0 aliphatic carbocycles. The van der Waals surface area contributed by atoms with Crippen molar-refractivity contribution in [3.8, 4) is 0 Å². The molecule has 0 saturated heterocycles. The van der Waals surface area contributed by atoms with Crippen LogP contribution in [-0.4, -0.2) is 50.4 Å². The Labute approximate surface area is 180 Å². The van der Waals surface area contributed by atoms with Gasteiger partial charge in [-0.1, -0.05) is 0 Å². The summed E-state index contributed by atoms with van der Waals surface area (Å²) in [6.45, 7) is 0. The van der Waals surface area contributed by atoms with Crippen LogP contribution in [0.1, 0.15) is 5.56 Å². The van der Waals surface area contributed by atoms with E-state index in [1.807, 2.05) is 0 Å². The summed E-state index contributed by atoms with van der Waals surface area (Å²) in [5.41, 5.74) is -1.85. The van der Waals surface area contributed by atoms with Crippen molar-refractivity contribution in [1.29, 1.82) is 0 Å². The maximum atomic E-state index is 13.3. The zero-order valence-electron chi connectivity index (χ0n) is 15.8. The van der Waals surface area contributed by atoms with Crippen molar-refractivity contribution in [2.45, 2.75) is 23.0 Å². The molecule has 2 aromatic rings. The van der Waals surface area contributed by atoms with Crippen LogP contribution in [0.25, 0.3) is 0 Å². The third-order valence-corrected chi connectivity index (χ3v) is 8.94. The number of benzene rings is 2. The molecule has 162 valence electrons. The summed E-state index contributed by atoms with van der Waals surface area (Å²) in [7, 11) is 0.982. The predicted molar refractivity (Wildman–Crippen MR) is 106 cm³/mol. The topological polar surface area (TPSA) is 72.5 Å². The Morgan fingerprint density at radius 1 is 1.07 bits per heavy atom. The second-order valence-electron chi connectivity index (χ2n) is 6.33. The van der Waals surface area contributed by atoms with E-state index >= 15 is 0 Å². The Bertz CT molecular complexity index is 896. The van der Waals surface area contributed by atoms with Crippen LogP contribution in [0, 0.1) is 0 Å². The van der Waals surface area contributed by atoms with Gasteiger partial charge in [0.05, 0.1) is 0 Å². The number of esters is 1. The summed E-state index contributed by atoms with van der Waals surface area (Å²) in [4.78, 5) is 23.4. The summed E-state index contributed by atoms with van der Waals surface area (Å²) in [6.07, 6.45) is -5.65. The van der Waals surface area contributed by atoms with Crippen molar-refractivity contribution in [1.82, 2.24) is 5.32 Å². The van der Waals surface area contributed by atoms with Crippen LogP contribution in [0.3, 0.4) is 0 Å². The molecular formula is C20H19ClF3NO4Se. The molecule has 5 nitrogen and oxygen atoms in total. The van der Waals surface area contributed by atoms with E-state index in [1.165, 1.54) is 12.1 Å². The molecule has 10 heteroatoms. The minimum absolute atomic E-state index is 0.339. The zero-order chi connectivity index (χ0) is 22.4. The fraction of sp³-hybridized carbons (Fsp3) is 0.300. The fourth-order valence-corrected chi connectivity index (χ4v) is 6.90. The van der Waals surface area contributed by atoms with Crippen LogP contribution >= 0.6 is 11.6 Å². The van der Waals surface area contributed by atoms with Crippen LogP contribution in [0.15, 0.2) is 60.7 Å². The number of hydrogen-bond donors (Lipinski definition) is 1. The maximum absolute atomic E-state index is 13.3. The molecule has 0 fully saturated rings. The van der Waals surface area contributed by atoms with Gasteiger partial charge in [-0.2, -0.15) is 0 Å². The van der Waals surface area contributed by atoms with Crippen molar-refractivity contribution in [3.05, 3.63) is 66.2 Å². The number of nitrogens with one attached hydrogen (secondary N) is 1. The molecule has 0 bridgehead atoms. The number of methoxy groups -OCH3 is 1. The van der Waals surface area contributed by atoms with Crippen molar-refractivity contribution in [3.63, 3.8) is 0 Å². The minimum atomic E-state index is -5.27. The van der Waals surface area contributed by atoms with Crippen LogP contribution in [0.2, 0.25) is 4.82 Å². The molecule has 0 aromatic heterocycles. The molecule has 1 N–H and O–H groups in total. The van der Waals surface area contributed by atoms with E-state index in [2.05, 4.69) is 0 Å². The number of hydrogen-bond acceptors (Lipinski definition) is 4. The first-order valence-electron chi connectivity index (χ1n) is 8.69. The number of carbonyl (C=O) groups is 2. The first-order chi connectivity index (χ1) is 14.2. The van der Waals surface area contributed by atoms with Crippen LogP contribution < -0.4 is 9.78 Å². The molecule has 30 heavy (non-hydrogen) atoms. The molecule has 1 amide bonds. The standard InChI is InChI=1S/C20H19ClF3NO4Se/c1-29-18(27)19(25-17(26)20(22,23)24,12-14-8-4-2-5-9-14)16(13-21)30(28)15-10-6-3-7-11-15/h2-11,16H,12-13H2,1H3,(H,25,26). The average Bonchev–Trinajstić information content (AvgIpc) is 2.74. The van der Waals surface area contributed by atoms with Crippen molar-refractivity contribution < 1.29 is 31.3 Å². The quantitative estimate of drug-likeness (QED) is 0.338. The molecule has 0 radical (unpaired) electrons. The van der Waals surface area contributed by atoms with E-state index in [-0.39, 0.29) is 6.42 Å². The van der Waals surface area contributed by atoms with Gasteiger partial charge in [0.1, 0.15) is 0 Å². The molecule has 3 atom stereocenters. The summed E-state index contributed by atoms with van der Waals surface area (Å²) in [6, 6.07) is 16.1. The SMILES string of the molecule is COC(=O)C(Cc1ccccc1)(NC(=O)C(F)(F)F)C(CCl)[Se](=O)c1ccccc1. The monoisotopic (exact) mass is 509 g/mol. The number of ether oxygens (including phenoxy) is 1. The van der Waals surface area contributed by atoms with E-state index in [4.69, 9.17) is 16.3 Å². The van der Waals surface area contributed by atoms with Crippen molar-refractivity contribution in [2.75, 3.05) is 13.0 Å². The van der Waals surface area contributed by atoms with Gasteiger partial charge in [-0.05, 0) is 0 Å². The second kappa shape index (κ2) is 10.2. The molecule has 3 unspecified atom stereocenters. The summed E-state index contributed by atoms with van der Waals surface area (Å²) in [5, 5.41) is 1.78. The van der Waals surface area contributed by atoms with Crippen molar-refractivity contribution in [2.24, 2.45) is 0 Å². The van der Waals surface area contributed by atoms with E-state index < -0.39 is 48.1 Å². The van der Waals surface area contributed by atoms with Gasteiger partial charge < -0.3 is 0 Å². The first-order valence-corrected chi connectivity index (χ1v) is 11.8. The van der Waals surface area contributed by atoms with Gasteiger partial charge in [-0.3, -0.25) is 0 Å². The molecule has 0 spiro atoms. The molecule has 2 rings (SSSR count). The van der Waals surface area contributed by atoms with E-state index in [0.717, 1.165) is 7.11 Å². The molecular weight excluding hydrogens is 490 g/mol. The van der Waals surface area contributed by atoms with E-state index in [1.54, 1.807) is 53.8 Å². The van der Waals surface area contributed by atoms with Gasteiger partial charge in [0.25, 0.3) is 0 Å². The number of alkyl halides is 4. The number of rotatable bonds is 8. The molecule has 0 aliphatic rings. The molecule has 0 saturated carbocycles. The van der Waals surface area contributed by atoms with Gasteiger partial charge in [0.2, 0.25) is 0 Å². The zero-order valence-corrected chi connectivity index (χ0v) is 18.3. The summed E-state index contributed by atoms with van der Waals surface area (Å²) in [5.74, 6) is -3.94. The van der Waals surface area contributed by atoms with E-state index in [0.29, 0.717) is 10.0 Å². The number of halogens is 4. The van der Waals surface area contributed by atoms with Gasteiger partial charge in [-0.25, -0.2) is 0 Å². The molecule has 0 aliphatic heterocycles. The number of amides is 1. The fourth-order valence-electron chi connectivity index (χ4n) is 2.96. The Morgan fingerprint density at radius 3 is 2.07 bits per heavy atom. The molecule has 2 aromatic carbocycles. The van der Waals surface area contributed by atoms with Crippen LogP contribution in [0.5, 0.6) is 0 Å². The Kier molecular flexibility index (Phi) is 8.17. The van der Waals surface area contributed by atoms with Crippen LogP contribution in [0.4, 0.5) is 13.2 Å². The first kappa shape index (κ1) is 24.1. The van der Waals surface area contributed by atoms with Crippen molar-refractivity contribution >= 4 is 41.8 Å². The average molecular weight is 509 g/mol. The summed E-state index contributed by atoms with van der Waals surface area (Å²) < 4.78 is 57.8. The third kappa shape index (κ3) is 5.47. The Morgan fingerprint density at radius 2 is 1.60 bits per heavy atom. The second-order valence-corrected chi connectivity index (χ2v) is 10.1. The molecule has 0 heterocycles. The van der Waals surface area contributed by atoms with Crippen LogP contribution in [-0.2, 0) is 24.6 Å². The van der Waals surface area contributed by atoms with E-state index in [9.17, 15) is 26.6 Å². The Balaban J connectivity index is 2.64. The third-order valence-electron chi connectivity index (χ3n) is 4.39. The van der Waals surface area contributed by atoms with Gasteiger partial charge in [0, 0.05) is 0 Å². The van der Waals surface area contributed by atoms with Gasteiger partial charge >= 0.3 is 181 Å².